The molecule has 254 valence electrons. The molecule has 3 fully saturated rings. The van der Waals surface area contributed by atoms with Crippen LogP contribution in [-0.2, 0) is 6.42 Å². The van der Waals surface area contributed by atoms with Gasteiger partial charge in [-0.3, -0.25) is 9.88 Å². The number of nitrogens with one attached hydrogen (secondary N) is 2. The molecular formula is C45H38N6S. The number of aromatic nitrogens is 4. The van der Waals surface area contributed by atoms with Crippen molar-refractivity contribution in [3.63, 3.8) is 0 Å². The normalized spacial score (nSPS) is 21.2. The largest absolute Gasteiger partial charge is 0.336 e. The predicted molar refractivity (Wildman–Crippen MR) is 213 cm³/mol. The fourth-order valence-electron chi connectivity index (χ4n) is 9.49. The van der Waals surface area contributed by atoms with Crippen molar-refractivity contribution in [2.24, 2.45) is 5.92 Å². The van der Waals surface area contributed by atoms with Crippen LogP contribution in [0, 0.1) is 5.92 Å². The van der Waals surface area contributed by atoms with Crippen LogP contribution in [0.5, 0.6) is 0 Å². The number of rotatable bonds is 5. The molecule has 0 spiro atoms. The first kappa shape index (κ1) is 30.4. The second-order valence-corrected chi connectivity index (χ2v) is 15.6. The number of piperidine rings is 3. The van der Waals surface area contributed by atoms with Crippen LogP contribution in [0.15, 0.2) is 115 Å². The SMILES string of the molecule is c1csc(-c2c(C3CC4CCN3CC4)c(-c3ccc4ccccc4n3)c(C3NCCc4ccccc43)c3nc(-c4nccc5ccccc45)[nH]c23)c1. The van der Waals surface area contributed by atoms with Crippen LogP contribution in [-0.4, -0.2) is 44.5 Å². The molecule has 3 saturated heterocycles. The molecule has 0 radical (unpaired) electrons. The summed E-state index contributed by atoms with van der Waals surface area (Å²) in [7, 11) is 0. The highest BCUT2D eigenvalue weighted by Crippen LogP contribution is 2.53. The molecule has 0 saturated carbocycles. The molecule has 2 unspecified atom stereocenters. The molecule has 2 N–H and O–H groups in total. The van der Waals surface area contributed by atoms with Gasteiger partial charge in [-0.1, -0.05) is 78.9 Å². The maximum absolute atomic E-state index is 5.64. The van der Waals surface area contributed by atoms with Gasteiger partial charge in [-0.05, 0) is 96.4 Å². The Morgan fingerprint density at radius 1 is 0.750 bits per heavy atom. The summed E-state index contributed by atoms with van der Waals surface area (Å²) in [5, 5.41) is 9.63. The molecule has 2 bridgehead atoms. The van der Waals surface area contributed by atoms with E-state index in [1.54, 1.807) is 0 Å². The zero-order chi connectivity index (χ0) is 34.2. The average Bonchev–Trinajstić information content (AvgIpc) is 3.91. The summed E-state index contributed by atoms with van der Waals surface area (Å²) >= 11 is 1.82. The Bertz CT molecular complexity index is 2630. The second-order valence-electron chi connectivity index (χ2n) is 14.7. The minimum absolute atomic E-state index is 0.0562. The van der Waals surface area contributed by atoms with Crippen molar-refractivity contribution < 1.29 is 0 Å². The number of benzene rings is 4. The van der Waals surface area contributed by atoms with Gasteiger partial charge in [-0.15, -0.1) is 11.3 Å². The first-order valence-electron chi connectivity index (χ1n) is 18.7. The van der Waals surface area contributed by atoms with Crippen molar-refractivity contribution in [1.29, 1.82) is 0 Å². The number of hydrogen-bond donors (Lipinski definition) is 2. The van der Waals surface area contributed by atoms with Crippen LogP contribution < -0.4 is 5.32 Å². The van der Waals surface area contributed by atoms with Crippen LogP contribution in [0.1, 0.15) is 53.6 Å². The lowest BCUT2D eigenvalue weighted by Crippen LogP contribution is -2.44. The van der Waals surface area contributed by atoms with E-state index in [9.17, 15) is 0 Å². The molecule has 8 aromatic rings. The fourth-order valence-corrected chi connectivity index (χ4v) is 10.3. The maximum atomic E-state index is 5.64. The number of fused-ring (bicyclic) bond motifs is 7. The third-order valence-electron chi connectivity index (χ3n) is 11.9. The molecule has 4 aliphatic heterocycles. The van der Waals surface area contributed by atoms with Gasteiger partial charge in [0.1, 0.15) is 5.69 Å². The quantitative estimate of drug-likeness (QED) is 0.188. The van der Waals surface area contributed by atoms with Crippen molar-refractivity contribution in [2.45, 2.75) is 37.8 Å². The molecule has 8 heterocycles. The average molecular weight is 695 g/mol. The Kier molecular flexibility index (Phi) is 7.13. The number of imidazole rings is 1. The van der Waals surface area contributed by atoms with Crippen LogP contribution in [0.25, 0.3) is 65.9 Å². The van der Waals surface area contributed by atoms with Crippen molar-refractivity contribution in [3.05, 3.63) is 137 Å². The topological polar surface area (TPSA) is 69.7 Å². The molecule has 2 atom stereocenters. The zero-order valence-electron chi connectivity index (χ0n) is 28.8. The van der Waals surface area contributed by atoms with Crippen molar-refractivity contribution in [3.8, 4) is 33.2 Å². The molecule has 12 rings (SSSR count). The van der Waals surface area contributed by atoms with Gasteiger partial charge in [-0.25, -0.2) is 9.97 Å². The fraction of sp³-hybridized carbons (Fsp3) is 0.222. The minimum Gasteiger partial charge on any atom is -0.336 e. The van der Waals surface area contributed by atoms with E-state index in [2.05, 4.69) is 124 Å². The number of para-hydroxylation sites is 1. The Morgan fingerprint density at radius 2 is 1.60 bits per heavy atom. The zero-order valence-corrected chi connectivity index (χ0v) is 29.7. The highest BCUT2D eigenvalue weighted by molar-refractivity contribution is 7.13. The third-order valence-corrected chi connectivity index (χ3v) is 12.8. The number of thiophene rings is 1. The van der Waals surface area contributed by atoms with E-state index < -0.39 is 0 Å². The highest BCUT2D eigenvalue weighted by atomic mass is 32.1. The monoisotopic (exact) mass is 694 g/mol. The summed E-state index contributed by atoms with van der Waals surface area (Å²) in [4.78, 5) is 24.1. The number of H-pyrrole nitrogens is 1. The first-order valence-corrected chi connectivity index (χ1v) is 19.6. The first-order chi connectivity index (χ1) is 25.8. The molecule has 0 amide bonds. The Labute approximate surface area is 306 Å². The lowest BCUT2D eigenvalue weighted by Gasteiger charge is -2.47. The highest BCUT2D eigenvalue weighted by Gasteiger charge is 2.41. The molecule has 4 aliphatic rings. The van der Waals surface area contributed by atoms with Crippen molar-refractivity contribution in [1.82, 2.24) is 30.2 Å². The van der Waals surface area contributed by atoms with E-state index in [1.807, 2.05) is 17.5 Å². The number of nitrogens with zero attached hydrogens (tertiary/aromatic N) is 4. The number of hydrogen-bond acceptors (Lipinski definition) is 6. The summed E-state index contributed by atoms with van der Waals surface area (Å²) < 4.78 is 0. The standard InChI is InChI=1S/C45H38N6S/c1-4-11-31-28(8-1)17-21-46-41(31)40-37(34-16-15-30-10-3-6-13-33(30)48-34)38(35-26-27-19-23-51(35)24-20-27)39(36-14-7-25-52-36)43-44(40)50-45(49-43)42-32-12-5-2-9-29(32)18-22-47-42/h1-16,18,22,25,27,35,41,46H,17,19-21,23-24,26H2,(H,49,50). The van der Waals surface area contributed by atoms with Crippen molar-refractivity contribution >= 4 is 44.0 Å². The number of aromatic amines is 1. The van der Waals surface area contributed by atoms with Crippen LogP contribution in [0.3, 0.4) is 0 Å². The number of pyridine rings is 2. The maximum Gasteiger partial charge on any atom is 0.157 e. The summed E-state index contributed by atoms with van der Waals surface area (Å²) in [5.41, 5.74) is 12.8. The van der Waals surface area contributed by atoms with Crippen LogP contribution >= 0.6 is 11.3 Å². The molecular weight excluding hydrogens is 657 g/mol. The van der Waals surface area contributed by atoms with Crippen LogP contribution in [0.4, 0.5) is 0 Å². The van der Waals surface area contributed by atoms with E-state index in [0.717, 1.165) is 88.3 Å². The van der Waals surface area contributed by atoms with Gasteiger partial charge in [0, 0.05) is 51.1 Å². The van der Waals surface area contributed by atoms with Gasteiger partial charge in [0.2, 0.25) is 0 Å². The van der Waals surface area contributed by atoms with Gasteiger partial charge in [0.05, 0.1) is 28.3 Å². The molecule has 4 aromatic heterocycles. The van der Waals surface area contributed by atoms with Gasteiger partial charge in [0.25, 0.3) is 0 Å². The molecule has 4 aromatic carbocycles. The minimum atomic E-state index is -0.0562. The second kappa shape index (κ2) is 12.2. The smallest absolute Gasteiger partial charge is 0.157 e. The molecule has 7 heteroatoms. The van der Waals surface area contributed by atoms with Crippen molar-refractivity contribution in [2.75, 3.05) is 19.6 Å². The Hall–Kier alpha value is -5.21. The summed E-state index contributed by atoms with van der Waals surface area (Å²) in [5.74, 6) is 1.53. The van der Waals surface area contributed by atoms with Gasteiger partial charge in [0.15, 0.2) is 5.82 Å². The van der Waals surface area contributed by atoms with E-state index >= 15 is 0 Å². The van der Waals surface area contributed by atoms with Crippen LogP contribution in [0.2, 0.25) is 0 Å². The van der Waals surface area contributed by atoms with E-state index in [1.165, 1.54) is 51.1 Å². The lowest BCUT2D eigenvalue weighted by atomic mass is 9.75. The van der Waals surface area contributed by atoms with Gasteiger partial charge < -0.3 is 10.3 Å². The van der Waals surface area contributed by atoms with Gasteiger partial charge in [-0.2, -0.15) is 0 Å². The van der Waals surface area contributed by atoms with E-state index in [0.29, 0.717) is 0 Å². The Balaban J connectivity index is 1.31. The Morgan fingerprint density at radius 3 is 2.46 bits per heavy atom. The molecule has 6 nitrogen and oxygen atoms in total. The third kappa shape index (κ3) is 4.80. The lowest BCUT2D eigenvalue weighted by molar-refractivity contribution is 0.0496. The summed E-state index contributed by atoms with van der Waals surface area (Å²) in [6, 6.07) is 37.3. The van der Waals surface area contributed by atoms with E-state index in [-0.39, 0.29) is 12.1 Å². The van der Waals surface area contributed by atoms with Gasteiger partial charge >= 0.3 is 0 Å². The summed E-state index contributed by atoms with van der Waals surface area (Å²) in [6.45, 7) is 3.17. The summed E-state index contributed by atoms with van der Waals surface area (Å²) in [6.07, 6.45) is 6.63. The molecule has 52 heavy (non-hydrogen) atoms. The molecule has 0 aliphatic carbocycles. The van der Waals surface area contributed by atoms with E-state index in [4.69, 9.17) is 15.0 Å². The predicted octanol–water partition coefficient (Wildman–Crippen LogP) is 10.1.